The standard InChI is InChI=1S/C64H122O6/c1-4-7-10-13-16-19-22-25-28-30-32-34-36-39-42-45-48-51-54-57-63(66)69-60-61(59-68-62(65)56-53-50-47-44-41-38-35-27-24-21-18-15-12-9-6-3)70-64(67)58-55-52-49-46-43-40-37-33-31-29-26-23-20-17-14-11-8-5-2/h30,32,61H,4-29,31,33-60H2,1-3H3/b32-30-. The van der Waals surface area contributed by atoms with Gasteiger partial charge in [0.05, 0.1) is 0 Å². The lowest BCUT2D eigenvalue weighted by Gasteiger charge is -2.18. The fraction of sp³-hybridized carbons (Fsp3) is 0.922. The lowest BCUT2D eigenvalue weighted by Crippen LogP contribution is -2.30. The minimum atomic E-state index is -0.767. The van der Waals surface area contributed by atoms with Gasteiger partial charge >= 0.3 is 17.9 Å². The highest BCUT2D eigenvalue weighted by Gasteiger charge is 2.19. The second kappa shape index (κ2) is 59.7. The number of esters is 3. The van der Waals surface area contributed by atoms with E-state index in [0.717, 1.165) is 57.8 Å². The molecule has 6 heteroatoms. The Morgan fingerprint density at radius 2 is 0.471 bits per heavy atom. The SMILES string of the molecule is CCCCCCCCCC/C=C\CCCCCCCCCC(=O)OCC(COC(=O)CCCCCCCCCCCCCCCCC)OC(=O)CCCCCCCCCCCCCCCCCCCC. The van der Waals surface area contributed by atoms with Crippen LogP contribution in [0.3, 0.4) is 0 Å². The molecule has 0 fully saturated rings. The molecule has 0 amide bonds. The molecule has 0 spiro atoms. The van der Waals surface area contributed by atoms with Crippen molar-refractivity contribution in [1.29, 1.82) is 0 Å². The molecule has 70 heavy (non-hydrogen) atoms. The van der Waals surface area contributed by atoms with Crippen molar-refractivity contribution in [3.8, 4) is 0 Å². The monoisotopic (exact) mass is 987 g/mol. The van der Waals surface area contributed by atoms with Crippen LogP contribution in [0.5, 0.6) is 0 Å². The first-order chi connectivity index (χ1) is 34.5. The van der Waals surface area contributed by atoms with E-state index < -0.39 is 6.10 Å². The molecule has 0 aliphatic rings. The highest BCUT2D eigenvalue weighted by Crippen LogP contribution is 2.18. The summed E-state index contributed by atoms with van der Waals surface area (Å²) in [5.74, 6) is -0.839. The Morgan fingerprint density at radius 3 is 0.714 bits per heavy atom. The maximum atomic E-state index is 12.9. The number of hydrogen-bond donors (Lipinski definition) is 0. The van der Waals surface area contributed by atoms with E-state index in [4.69, 9.17) is 14.2 Å². The first-order valence-corrected chi connectivity index (χ1v) is 31.7. The Balaban J connectivity index is 4.30. The molecule has 0 N–H and O–H groups in total. The van der Waals surface area contributed by atoms with Gasteiger partial charge in [-0.3, -0.25) is 14.4 Å². The predicted molar refractivity (Wildman–Crippen MR) is 303 cm³/mol. The van der Waals surface area contributed by atoms with Gasteiger partial charge in [0, 0.05) is 19.3 Å². The molecule has 6 nitrogen and oxygen atoms in total. The molecule has 0 rings (SSSR count). The third kappa shape index (κ3) is 57.1. The summed E-state index contributed by atoms with van der Waals surface area (Å²) in [7, 11) is 0. The lowest BCUT2D eigenvalue weighted by molar-refractivity contribution is -0.167. The number of rotatable bonds is 59. The van der Waals surface area contributed by atoms with Gasteiger partial charge in [0.25, 0.3) is 0 Å². The number of carbonyl (C=O) groups excluding carboxylic acids is 3. The highest BCUT2D eigenvalue weighted by molar-refractivity contribution is 5.71. The van der Waals surface area contributed by atoms with E-state index in [-0.39, 0.29) is 31.1 Å². The van der Waals surface area contributed by atoms with E-state index in [9.17, 15) is 14.4 Å². The van der Waals surface area contributed by atoms with Crippen LogP contribution in [0.15, 0.2) is 12.2 Å². The van der Waals surface area contributed by atoms with Gasteiger partial charge in [-0.25, -0.2) is 0 Å². The van der Waals surface area contributed by atoms with Gasteiger partial charge in [0.1, 0.15) is 13.2 Å². The number of ether oxygens (including phenoxy) is 3. The van der Waals surface area contributed by atoms with E-state index in [1.165, 1.54) is 263 Å². The molecule has 0 aliphatic heterocycles. The molecule has 0 radical (unpaired) electrons. The molecular weight excluding hydrogens is 865 g/mol. The third-order valence-electron chi connectivity index (χ3n) is 14.5. The van der Waals surface area contributed by atoms with Crippen LogP contribution < -0.4 is 0 Å². The van der Waals surface area contributed by atoms with Crippen LogP contribution in [0.2, 0.25) is 0 Å². The molecule has 0 bridgehead atoms. The molecule has 414 valence electrons. The molecule has 0 saturated heterocycles. The molecule has 1 unspecified atom stereocenters. The molecule has 0 heterocycles. The minimum absolute atomic E-state index is 0.0647. The molecule has 1 atom stereocenters. The van der Waals surface area contributed by atoms with E-state index in [2.05, 4.69) is 32.9 Å². The van der Waals surface area contributed by atoms with Crippen molar-refractivity contribution < 1.29 is 28.6 Å². The molecule has 0 aliphatic carbocycles. The highest BCUT2D eigenvalue weighted by atomic mass is 16.6. The fourth-order valence-corrected chi connectivity index (χ4v) is 9.74. The van der Waals surface area contributed by atoms with Gasteiger partial charge in [-0.1, -0.05) is 309 Å². The molecule has 0 aromatic rings. The summed E-state index contributed by atoms with van der Waals surface area (Å²) in [4.78, 5) is 38.3. The summed E-state index contributed by atoms with van der Waals surface area (Å²) in [5, 5.41) is 0. The van der Waals surface area contributed by atoms with Crippen LogP contribution in [-0.4, -0.2) is 37.2 Å². The molecule has 0 aromatic heterocycles. The van der Waals surface area contributed by atoms with Gasteiger partial charge in [0.2, 0.25) is 0 Å². The molecule has 0 saturated carbocycles. The predicted octanol–water partition coefficient (Wildman–Crippen LogP) is 21.3. The van der Waals surface area contributed by atoms with Gasteiger partial charge in [-0.05, 0) is 44.9 Å². The largest absolute Gasteiger partial charge is 0.462 e. The first kappa shape index (κ1) is 68.2. The van der Waals surface area contributed by atoms with Crippen LogP contribution in [0.4, 0.5) is 0 Å². The summed E-state index contributed by atoms with van der Waals surface area (Å²) in [6.07, 6.45) is 69.2. The van der Waals surface area contributed by atoms with Gasteiger partial charge in [0.15, 0.2) is 6.10 Å². The van der Waals surface area contributed by atoms with Gasteiger partial charge in [-0.2, -0.15) is 0 Å². The number of carbonyl (C=O) groups is 3. The average Bonchev–Trinajstić information content (AvgIpc) is 3.36. The van der Waals surface area contributed by atoms with Crippen molar-refractivity contribution in [2.75, 3.05) is 13.2 Å². The van der Waals surface area contributed by atoms with Crippen molar-refractivity contribution >= 4 is 17.9 Å². The first-order valence-electron chi connectivity index (χ1n) is 31.7. The smallest absolute Gasteiger partial charge is 0.306 e. The maximum Gasteiger partial charge on any atom is 0.306 e. The Bertz CT molecular complexity index is 1090. The Morgan fingerprint density at radius 1 is 0.271 bits per heavy atom. The van der Waals surface area contributed by atoms with E-state index in [1.54, 1.807) is 0 Å². The maximum absolute atomic E-state index is 12.9. The van der Waals surface area contributed by atoms with E-state index in [1.807, 2.05) is 0 Å². The zero-order chi connectivity index (χ0) is 50.7. The topological polar surface area (TPSA) is 78.9 Å². The third-order valence-corrected chi connectivity index (χ3v) is 14.5. The quantitative estimate of drug-likeness (QED) is 0.0261. The summed E-state index contributed by atoms with van der Waals surface area (Å²) >= 11 is 0. The van der Waals surface area contributed by atoms with Crippen molar-refractivity contribution in [2.24, 2.45) is 0 Å². The summed E-state index contributed by atoms with van der Waals surface area (Å²) in [6.45, 7) is 6.71. The van der Waals surface area contributed by atoms with Crippen LogP contribution in [0.25, 0.3) is 0 Å². The van der Waals surface area contributed by atoms with Gasteiger partial charge < -0.3 is 14.2 Å². The van der Waals surface area contributed by atoms with Crippen molar-refractivity contribution in [1.82, 2.24) is 0 Å². The fourth-order valence-electron chi connectivity index (χ4n) is 9.74. The van der Waals surface area contributed by atoms with Crippen molar-refractivity contribution in [2.45, 2.75) is 367 Å². The molecule has 0 aromatic carbocycles. The zero-order valence-corrected chi connectivity index (χ0v) is 47.6. The summed E-state index contributed by atoms with van der Waals surface area (Å²) < 4.78 is 16.9. The Hall–Kier alpha value is -1.85. The normalized spacial score (nSPS) is 12.0. The Labute approximate surface area is 437 Å². The van der Waals surface area contributed by atoms with E-state index >= 15 is 0 Å². The van der Waals surface area contributed by atoms with Gasteiger partial charge in [-0.15, -0.1) is 0 Å². The number of unbranched alkanes of at least 4 members (excludes halogenated alkanes) is 46. The average molecular weight is 988 g/mol. The second-order valence-corrected chi connectivity index (χ2v) is 21.7. The van der Waals surface area contributed by atoms with Crippen LogP contribution >= 0.6 is 0 Å². The molecular formula is C64H122O6. The summed E-state index contributed by atoms with van der Waals surface area (Å²) in [6, 6.07) is 0. The zero-order valence-electron chi connectivity index (χ0n) is 47.6. The van der Waals surface area contributed by atoms with Crippen LogP contribution in [0.1, 0.15) is 361 Å². The van der Waals surface area contributed by atoms with Crippen molar-refractivity contribution in [3.63, 3.8) is 0 Å². The van der Waals surface area contributed by atoms with E-state index in [0.29, 0.717) is 19.3 Å². The number of allylic oxidation sites excluding steroid dienone is 2. The van der Waals surface area contributed by atoms with Crippen LogP contribution in [-0.2, 0) is 28.6 Å². The Kier molecular flexibility index (Phi) is 58.1. The van der Waals surface area contributed by atoms with Crippen molar-refractivity contribution in [3.05, 3.63) is 12.2 Å². The number of hydrogen-bond acceptors (Lipinski definition) is 6. The summed E-state index contributed by atoms with van der Waals surface area (Å²) in [5.41, 5.74) is 0. The second-order valence-electron chi connectivity index (χ2n) is 21.7. The lowest BCUT2D eigenvalue weighted by atomic mass is 10.0. The minimum Gasteiger partial charge on any atom is -0.462 e. The van der Waals surface area contributed by atoms with Crippen LogP contribution in [0, 0.1) is 0 Å².